The van der Waals surface area contributed by atoms with Gasteiger partial charge in [0, 0.05) is 11.6 Å². The number of hydrogen-bond donors (Lipinski definition) is 0. The molecule has 0 amide bonds. The Bertz CT molecular complexity index is 865. The van der Waals surface area contributed by atoms with Crippen molar-refractivity contribution in [1.29, 1.82) is 0 Å². The molecule has 0 aliphatic heterocycles. The molecule has 2 aromatic carbocycles. The first-order valence-corrected chi connectivity index (χ1v) is 9.18. The lowest BCUT2D eigenvalue weighted by atomic mass is 10.2. The molecule has 0 aliphatic rings. The van der Waals surface area contributed by atoms with Gasteiger partial charge in [-0.05, 0) is 30.7 Å². The Morgan fingerprint density at radius 2 is 1.83 bits per heavy atom. The van der Waals surface area contributed by atoms with Crippen LogP contribution in [0, 0.1) is 19.3 Å². The van der Waals surface area contributed by atoms with Crippen molar-refractivity contribution in [2.75, 3.05) is 13.1 Å². The van der Waals surface area contributed by atoms with Gasteiger partial charge in [0.15, 0.2) is 0 Å². The third-order valence-corrected chi connectivity index (χ3v) is 5.61. The van der Waals surface area contributed by atoms with Crippen molar-refractivity contribution in [2.24, 2.45) is 0 Å². The molecule has 3 nitrogen and oxygen atoms in total. The monoisotopic (exact) mass is 359 g/mol. The molecule has 0 aromatic heterocycles. The summed E-state index contributed by atoms with van der Waals surface area (Å²) >= 11 is 6.09. The quantitative estimate of drug-likeness (QED) is 0.731. The molecule has 0 fully saturated rings. The normalized spacial score (nSPS) is 11.8. The Kier molecular flexibility index (Phi) is 6.22. The van der Waals surface area contributed by atoms with Crippen molar-refractivity contribution in [3.8, 4) is 12.3 Å². The summed E-state index contributed by atoms with van der Waals surface area (Å²) in [6.45, 7) is 2.08. The summed E-state index contributed by atoms with van der Waals surface area (Å²) in [6, 6.07) is 14.1. The number of terminal acetylenes is 1. The van der Waals surface area contributed by atoms with E-state index in [4.69, 9.17) is 18.0 Å². The number of aryl methyl sites for hydroxylation is 1. The Labute approximate surface area is 148 Å². The molecule has 24 heavy (non-hydrogen) atoms. The fourth-order valence-corrected chi connectivity index (χ4v) is 3.62. The number of sulfonamides is 1. The maximum absolute atomic E-state index is 12.7. The highest BCUT2D eigenvalue weighted by atomic mass is 35.5. The van der Waals surface area contributed by atoms with Crippen molar-refractivity contribution >= 4 is 27.7 Å². The minimum absolute atomic E-state index is 0.00305. The standard InChI is InChI=1S/C19H18ClNO2S/c1-3-14-21(15-6-8-17-7-4-5-9-19(17)20)24(22,23)18-12-10-16(2)11-13-18/h1,4-13H,14-15H2,2H3/b8-6+. The van der Waals surface area contributed by atoms with E-state index in [0.717, 1.165) is 11.1 Å². The second-order valence-electron chi connectivity index (χ2n) is 5.24. The summed E-state index contributed by atoms with van der Waals surface area (Å²) in [5, 5.41) is 0.610. The fourth-order valence-electron chi connectivity index (χ4n) is 2.12. The van der Waals surface area contributed by atoms with Crippen LogP contribution in [0.25, 0.3) is 6.08 Å². The van der Waals surface area contributed by atoms with Crippen molar-refractivity contribution in [1.82, 2.24) is 4.31 Å². The highest BCUT2D eigenvalue weighted by Crippen LogP contribution is 2.18. The Hall–Kier alpha value is -2.06. The van der Waals surface area contributed by atoms with Crippen LogP contribution >= 0.6 is 11.6 Å². The molecule has 0 radical (unpaired) electrons. The maximum Gasteiger partial charge on any atom is 0.244 e. The summed E-state index contributed by atoms with van der Waals surface area (Å²) in [5.41, 5.74) is 1.82. The van der Waals surface area contributed by atoms with E-state index in [2.05, 4.69) is 5.92 Å². The average molecular weight is 360 g/mol. The lowest BCUT2D eigenvalue weighted by molar-refractivity contribution is 0.478. The van der Waals surface area contributed by atoms with Crippen LogP contribution in [0.15, 0.2) is 59.5 Å². The van der Waals surface area contributed by atoms with Crippen LogP contribution in [0.5, 0.6) is 0 Å². The second kappa shape index (κ2) is 8.16. The summed E-state index contributed by atoms with van der Waals surface area (Å²) in [5.74, 6) is 2.40. The highest BCUT2D eigenvalue weighted by molar-refractivity contribution is 7.89. The molecule has 0 saturated heterocycles. The molecule has 2 aromatic rings. The van der Waals surface area contributed by atoms with Gasteiger partial charge in [0.05, 0.1) is 11.4 Å². The molecule has 0 spiro atoms. The summed E-state index contributed by atoms with van der Waals surface area (Å²) in [4.78, 5) is 0.231. The van der Waals surface area contributed by atoms with Gasteiger partial charge in [0.1, 0.15) is 0 Å². The second-order valence-corrected chi connectivity index (χ2v) is 7.58. The third kappa shape index (κ3) is 4.48. The van der Waals surface area contributed by atoms with Gasteiger partial charge >= 0.3 is 0 Å². The topological polar surface area (TPSA) is 37.4 Å². The number of benzene rings is 2. The van der Waals surface area contributed by atoms with Crippen LogP contribution in [0.1, 0.15) is 11.1 Å². The molecule has 0 heterocycles. The number of nitrogens with zero attached hydrogens (tertiary/aromatic N) is 1. The lowest BCUT2D eigenvalue weighted by Crippen LogP contribution is -2.31. The molecule has 0 N–H and O–H groups in total. The number of hydrogen-bond acceptors (Lipinski definition) is 2. The van der Waals surface area contributed by atoms with Gasteiger partial charge in [-0.1, -0.05) is 65.6 Å². The fraction of sp³-hybridized carbons (Fsp3) is 0.158. The molecule has 0 aliphatic carbocycles. The predicted octanol–water partition coefficient (Wildman–Crippen LogP) is 3.99. The minimum atomic E-state index is -3.64. The molecule has 0 unspecified atom stereocenters. The van der Waals surface area contributed by atoms with Gasteiger partial charge in [-0.2, -0.15) is 4.31 Å². The van der Waals surface area contributed by atoms with E-state index in [-0.39, 0.29) is 18.0 Å². The lowest BCUT2D eigenvalue weighted by Gasteiger charge is -2.18. The van der Waals surface area contributed by atoms with Gasteiger partial charge in [-0.25, -0.2) is 8.42 Å². The maximum atomic E-state index is 12.7. The average Bonchev–Trinajstić information content (AvgIpc) is 2.56. The third-order valence-electron chi connectivity index (χ3n) is 3.44. The van der Waals surface area contributed by atoms with Crippen LogP contribution in [-0.2, 0) is 10.0 Å². The Morgan fingerprint density at radius 1 is 1.17 bits per heavy atom. The summed E-state index contributed by atoms with van der Waals surface area (Å²) in [7, 11) is -3.64. The van der Waals surface area contributed by atoms with Gasteiger partial charge in [-0.3, -0.25) is 0 Å². The molecular weight excluding hydrogens is 342 g/mol. The van der Waals surface area contributed by atoms with E-state index < -0.39 is 10.0 Å². The van der Waals surface area contributed by atoms with Crippen LogP contribution in [0.2, 0.25) is 5.02 Å². The zero-order valence-electron chi connectivity index (χ0n) is 13.3. The van der Waals surface area contributed by atoms with Crippen LogP contribution in [0.4, 0.5) is 0 Å². The molecule has 0 atom stereocenters. The van der Waals surface area contributed by atoms with E-state index in [1.165, 1.54) is 4.31 Å². The minimum Gasteiger partial charge on any atom is -0.207 e. The number of rotatable bonds is 6. The van der Waals surface area contributed by atoms with Crippen molar-refractivity contribution in [2.45, 2.75) is 11.8 Å². The van der Waals surface area contributed by atoms with Crippen LogP contribution in [-0.4, -0.2) is 25.8 Å². The summed E-state index contributed by atoms with van der Waals surface area (Å²) < 4.78 is 26.7. The molecule has 5 heteroatoms. The molecule has 124 valence electrons. The van der Waals surface area contributed by atoms with E-state index in [1.807, 2.05) is 25.1 Å². The Morgan fingerprint density at radius 3 is 2.46 bits per heavy atom. The van der Waals surface area contributed by atoms with Gasteiger partial charge < -0.3 is 0 Å². The van der Waals surface area contributed by atoms with Gasteiger partial charge in [-0.15, -0.1) is 6.42 Å². The van der Waals surface area contributed by atoms with E-state index in [0.29, 0.717) is 5.02 Å². The predicted molar refractivity (Wildman–Crippen MR) is 99.3 cm³/mol. The zero-order chi connectivity index (χ0) is 17.6. The largest absolute Gasteiger partial charge is 0.244 e. The molecule has 0 bridgehead atoms. The Balaban J connectivity index is 2.21. The first-order chi connectivity index (χ1) is 11.4. The zero-order valence-corrected chi connectivity index (χ0v) is 14.9. The summed E-state index contributed by atoms with van der Waals surface area (Å²) in [6.07, 6.45) is 8.86. The molecule has 0 saturated carbocycles. The first kappa shape index (κ1) is 18.3. The van der Waals surface area contributed by atoms with Crippen LogP contribution < -0.4 is 0 Å². The van der Waals surface area contributed by atoms with Gasteiger partial charge in [0.25, 0.3) is 0 Å². The molecular formula is C19H18ClNO2S. The molecule has 2 rings (SSSR count). The van der Waals surface area contributed by atoms with E-state index in [9.17, 15) is 8.42 Å². The van der Waals surface area contributed by atoms with Crippen LogP contribution in [0.3, 0.4) is 0 Å². The van der Waals surface area contributed by atoms with E-state index >= 15 is 0 Å². The SMILES string of the molecule is C#CCN(C/C=C/c1ccccc1Cl)S(=O)(=O)c1ccc(C)cc1. The smallest absolute Gasteiger partial charge is 0.207 e. The first-order valence-electron chi connectivity index (χ1n) is 7.36. The van der Waals surface area contributed by atoms with Crippen molar-refractivity contribution in [3.05, 3.63) is 70.8 Å². The number of halogens is 1. The highest BCUT2D eigenvalue weighted by Gasteiger charge is 2.22. The van der Waals surface area contributed by atoms with Crippen molar-refractivity contribution in [3.63, 3.8) is 0 Å². The van der Waals surface area contributed by atoms with Crippen molar-refractivity contribution < 1.29 is 8.42 Å². The van der Waals surface area contributed by atoms with Gasteiger partial charge in [0.2, 0.25) is 10.0 Å². The van der Waals surface area contributed by atoms with E-state index in [1.54, 1.807) is 42.5 Å².